The maximum Gasteiger partial charge on any atom is 0.118 e. The first kappa shape index (κ1) is 13.6. The van der Waals surface area contributed by atoms with Crippen LogP contribution in [0, 0.1) is 5.92 Å². The van der Waals surface area contributed by atoms with Crippen LogP contribution in [0.5, 0.6) is 0 Å². The molecule has 4 nitrogen and oxygen atoms in total. The largest absolute Gasteiger partial charge is 0.465 e. The van der Waals surface area contributed by atoms with E-state index in [1.165, 1.54) is 0 Å². The molecule has 1 aromatic heterocycles. The van der Waals surface area contributed by atoms with Gasteiger partial charge in [-0.05, 0) is 18.6 Å². The number of aryl methyl sites for hydroxylation is 1. The van der Waals surface area contributed by atoms with Gasteiger partial charge in [-0.1, -0.05) is 6.92 Å². The molecule has 2 rings (SSSR count). The Bertz CT molecular complexity index is 351. The van der Waals surface area contributed by atoms with E-state index in [-0.39, 0.29) is 12.5 Å². The van der Waals surface area contributed by atoms with E-state index in [0.29, 0.717) is 6.61 Å². The molecule has 0 aliphatic carbocycles. The van der Waals surface area contributed by atoms with Crippen molar-refractivity contribution in [2.24, 2.45) is 5.92 Å². The van der Waals surface area contributed by atoms with Crippen molar-refractivity contribution in [2.75, 3.05) is 32.9 Å². The Morgan fingerprint density at radius 2 is 2.22 bits per heavy atom. The summed E-state index contributed by atoms with van der Waals surface area (Å²) in [6.07, 6.45) is 2.11. The Kier molecular flexibility index (Phi) is 5.23. The third-order valence-electron chi connectivity index (χ3n) is 3.27. The molecule has 1 saturated heterocycles. The highest BCUT2D eigenvalue weighted by atomic mass is 16.5. The molecule has 1 aliphatic heterocycles. The number of hydrogen-bond acceptors (Lipinski definition) is 4. The van der Waals surface area contributed by atoms with Crippen molar-refractivity contribution in [1.82, 2.24) is 4.90 Å². The van der Waals surface area contributed by atoms with Crippen LogP contribution in [-0.2, 0) is 17.7 Å². The van der Waals surface area contributed by atoms with Crippen molar-refractivity contribution in [3.8, 4) is 0 Å². The molecule has 0 saturated carbocycles. The third-order valence-corrected chi connectivity index (χ3v) is 3.27. The van der Waals surface area contributed by atoms with Gasteiger partial charge in [-0.2, -0.15) is 0 Å². The van der Waals surface area contributed by atoms with Gasteiger partial charge in [0.15, 0.2) is 0 Å². The van der Waals surface area contributed by atoms with Crippen LogP contribution in [0.25, 0.3) is 0 Å². The van der Waals surface area contributed by atoms with Crippen molar-refractivity contribution in [1.29, 1.82) is 0 Å². The Hall–Kier alpha value is -0.840. The monoisotopic (exact) mass is 253 g/mol. The number of rotatable bonds is 5. The van der Waals surface area contributed by atoms with Gasteiger partial charge in [0.1, 0.15) is 11.5 Å². The second-order valence-electron chi connectivity index (χ2n) is 4.98. The van der Waals surface area contributed by atoms with E-state index < -0.39 is 0 Å². The van der Waals surface area contributed by atoms with Crippen LogP contribution >= 0.6 is 0 Å². The van der Waals surface area contributed by atoms with Gasteiger partial charge in [0.05, 0.1) is 19.8 Å². The lowest BCUT2D eigenvalue weighted by molar-refractivity contribution is 0.0957. The molecule has 1 aliphatic rings. The zero-order valence-corrected chi connectivity index (χ0v) is 11.1. The standard InChI is InChI=1S/C14H23NO3/c1-2-3-13-4-5-14(18-13)9-15-6-7-17-11-12(8-15)10-16/h4-5,12,16H,2-3,6-11H2,1H3. The fourth-order valence-corrected chi connectivity index (χ4v) is 2.32. The summed E-state index contributed by atoms with van der Waals surface area (Å²) in [7, 11) is 0. The molecular weight excluding hydrogens is 230 g/mol. The van der Waals surface area contributed by atoms with Gasteiger partial charge >= 0.3 is 0 Å². The lowest BCUT2D eigenvalue weighted by Crippen LogP contribution is -2.30. The first-order valence-corrected chi connectivity index (χ1v) is 6.80. The number of nitrogens with zero attached hydrogens (tertiary/aromatic N) is 1. The van der Waals surface area contributed by atoms with Crippen LogP contribution in [0.3, 0.4) is 0 Å². The number of furan rings is 1. The van der Waals surface area contributed by atoms with Gasteiger partial charge in [-0.15, -0.1) is 0 Å². The molecule has 1 aromatic rings. The van der Waals surface area contributed by atoms with Crippen LogP contribution in [0.4, 0.5) is 0 Å². The van der Waals surface area contributed by atoms with Crippen molar-refractivity contribution in [2.45, 2.75) is 26.3 Å². The van der Waals surface area contributed by atoms with Crippen LogP contribution in [0.15, 0.2) is 16.5 Å². The average molecular weight is 253 g/mol. The summed E-state index contributed by atoms with van der Waals surface area (Å²) in [4.78, 5) is 2.29. The predicted octanol–water partition coefficient (Wildman–Crippen LogP) is 1.67. The van der Waals surface area contributed by atoms with Crippen LogP contribution in [0.2, 0.25) is 0 Å². The van der Waals surface area contributed by atoms with Gasteiger partial charge in [-0.3, -0.25) is 4.90 Å². The SMILES string of the molecule is CCCc1ccc(CN2CCOCC(CO)C2)o1. The summed E-state index contributed by atoms with van der Waals surface area (Å²) in [5.41, 5.74) is 0. The van der Waals surface area contributed by atoms with Gasteiger partial charge in [0, 0.05) is 32.0 Å². The molecule has 4 heteroatoms. The van der Waals surface area contributed by atoms with Crippen molar-refractivity contribution in [3.63, 3.8) is 0 Å². The van der Waals surface area contributed by atoms with Gasteiger partial charge in [0.25, 0.3) is 0 Å². The predicted molar refractivity (Wildman–Crippen MR) is 69.4 cm³/mol. The summed E-state index contributed by atoms with van der Waals surface area (Å²) in [6.45, 7) is 6.32. The van der Waals surface area contributed by atoms with E-state index in [0.717, 1.165) is 50.6 Å². The fourth-order valence-electron chi connectivity index (χ4n) is 2.32. The molecule has 1 atom stereocenters. The highest BCUT2D eigenvalue weighted by Crippen LogP contribution is 2.14. The van der Waals surface area contributed by atoms with Gasteiger partial charge in [0.2, 0.25) is 0 Å². The Balaban J connectivity index is 1.90. The second-order valence-corrected chi connectivity index (χ2v) is 4.98. The summed E-state index contributed by atoms with van der Waals surface area (Å²) < 4.78 is 11.3. The zero-order chi connectivity index (χ0) is 12.8. The number of hydrogen-bond donors (Lipinski definition) is 1. The number of aliphatic hydroxyl groups excluding tert-OH is 1. The molecule has 0 bridgehead atoms. The first-order chi connectivity index (χ1) is 8.81. The summed E-state index contributed by atoms with van der Waals surface area (Å²) in [6, 6.07) is 4.13. The lowest BCUT2D eigenvalue weighted by Gasteiger charge is -2.20. The third kappa shape index (κ3) is 3.83. The molecule has 1 fully saturated rings. The molecule has 1 unspecified atom stereocenters. The normalized spacial score (nSPS) is 22.0. The lowest BCUT2D eigenvalue weighted by atomic mass is 10.1. The smallest absolute Gasteiger partial charge is 0.118 e. The van der Waals surface area contributed by atoms with E-state index in [9.17, 15) is 5.11 Å². The van der Waals surface area contributed by atoms with E-state index in [1.807, 2.05) is 0 Å². The number of aliphatic hydroxyl groups is 1. The van der Waals surface area contributed by atoms with Crippen LogP contribution < -0.4 is 0 Å². The van der Waals surface area contributed by atoms with Crippen molar-refractivity contribution < 1.29 is 14.3 Å². The molecule has 0 aromatic carbocycles. The van der Waals surface area contributed by atoms with E-state index in [2.05, 4.69) is 24.0 Å². The average Bonchev–Trinajstić information content (AvgIpc) is 2.68. The molecule has 0 amide bonds. The van der Waals surface area contributed by atoms with Crippen LogP contribution in [0.1, 0.15) is 24.9 Å². The van der Waals surface area contributed by atoms with Gasteiger partial charge in [-0.25, -0.2) is 0 Å². The van der Waals surface area contributed by atoms with Crippen molar-refractivity contribution in [3.05, 3.63) is 23.7 Å². The van der Waals surface area contributed by atoms with Gasteiger partial charge < -0.3 is 14.3 Å². The minimum absolute atomic E-state index is 0.190. The summed E-state index contributed by atoms with van der Waals surface area (Å²) in [5, 5.41) is 9.24. The van der Waals surface area contributed by atoms with E-state index in [1.54, 1.807) is 0 Å². The molecule has 2 heterocycles. The van der Waals surface area contributed by atoms with E-state index >= 15 is 0 Å². The Labute approximate surface area is 109 Å². The van der Waals surface area contributed by atoms with Crippen LogP contribution in [-0.4, -0.2) is 42.9 Å². The minimum Gasteiger partial charge on any atom is -0.465 e. The van der Waals surface area contributed by atoms with E-state index in [4.69, 9.17) is 9.15 Å². The quantitative estimate of drug-likeness (QED) is 0.867. The second kappa shape index (κ2) is 6.92. The van der Waals surface area contributed by atoms with Crippen molar-refractivity contribution >= 4 is 0 Å². The number of ether oxygens (including phenoxy) is 1. The maximum absolute atomic E-state index is 9.24. The maximum atomic E-state index is 9.24. The first-order valence-electron chi connectivity index (χ1n) is 6.80. The molecule has 0 radical (unpaired) electrons. The highest BCUT2D eigenvalue weighted by molar-refractivity contribution is 5.07. The Morgan fingerprint density at radius 3 is 3.00 bits per heavy atom. The highest BCUT2D eigenvalue weighted by Gasteiger charge is 2.18. The minimum atomic E-state index is 0.190. The molecule has 18 heavy (non-hydrogen) atoms. The molecule has 102 valence electrons. The zero-order valence-electron chi connectivity index (χ0n) is 11.1. The molecule has 1 N–H and O–H groups in total. The summed E-state index contributed by atoms with van der Waals surface area (Å²) in [5.74, 6) is 2.30. The fraction of sp³-hybridized carbons (Fsp3) is 0.714. The molecule has 0 spiro atoms. The topological polar surface area (TPSA) is 45.8 Å². The Morgan fingerprint density at radius 1 is 1.39 bits per heavy atom. The molecular formula is C14H23NO3. The summed E-state index contributed by atoms with van der Waals surface area (Å²) >= 11 is 0.